The fraction of sp³-hybridized carbons (Fsp3) is 0.0154. The van der Waals surface area contributed by atoms with Crippen LogP contribution in [0.5, 0.6) is 0 Å². The molecule has 0 bridgehead atoms. The molecule has 0 radical (unpaired) electrons. The van der Waals surface area contributed by atoms with Gasteiger partial charge in [-0.15, -0.1) is 11.3 Å². The van der Waals surface area contributed by atoms with E-state index < -0.39 is 5.41 Å². The zero-order valence-corrected chi connectivity index (χ0v) is 37.9. The van der Waals surface area contributed by atoms with Crippen molar-refractivity contribution in [3.63, 3.8) is 0 Å². The number of para-hydroxylation sites is 1. The standard InChI is InChI=1S/C65H42N2S/c1-4-18-46(19-5-1)65(47-20-6-2-7-21-47)57-27-14-12-26-55(57)63-58(65)28-16-29-59(63)66(50-37-40-62-56(42-50)53-25-13-15-30-61(53)68-62)49-35-31-43(32-36-49)45-34-38-52-54-39-33-44-17-10-11-24-51(44)64(54)67(60(52)41-45)48-22-8-3-9-23-48/h1-42H. The molecule has 0 atom stereocenters. The van der Waals surface area contributed by atoms with Crippen LogP contribution in [0.15, 0.2) is 255 Å². The summed E-state index contributed by atoms with van der Waals surface area (Å²) in [6, 6.07) is 94.4. The van der Waals surface area contributed by atoms with Gasteiger partial charge in [-0.1, -0.05) is 194 Å². The predicted molar refractivity (Wildman–Crippen MR) is 289 cm³/mol. The van der Waals surface area contributed by atoms with Gasteiger partial charge in [0.05, 0.1) is 22.1 Å². The number of anilines is 3. The summed E-state index contributed by atoms with van der Waals surface area (Å²) in [7, 11) is 0. The summed E-state index contributed by atoms with van der Waals surface area (Å²) in [5.74, 6) is 0. The second-order valence-corrected chi connectivity index (χ2v) is 19.1. The molecule has 3 heteroatoms. The third-order valence-corrected chi connectivity index (χ3v) is 15.6. The van der Waals surface area contributed by atoms with Crippen LogP contribution in [0.1, 0.15) is 22.3 Å². The third-order valence-electron chi connectivity index (χ3n) is 14.4. The molecule has 1 aliphatic rings. The van der Waals surface area contributed by atoms with Crippen molar-refractivity contribution in [2.75, 3.05) is 4.90 Å². The molecule has 2 heterocycles. The summed E-state index contributed by atoms with van der Waals surface area (Å²) < 4.78 is 5.05. The number of hydrogen-bond donors (Lipinski definition) is 0. The maximum atomic E-state index is 2.50. The Morgan fingerprint density at radius 1 is 0.382 bits per heavy atom. The van der Waals surface area contributed by atoms with Crippen LogP contribution in [0.3, 0.4) is 0 Å². The second-order valence-electron chi connectivity index (χ2n) is 18.0. The van der Waals surface area contributed by atoms with Gasteiger partial charge in [0.25, 0.3) is 0 Å². The van der Waals surface area contributed by atoms with Crippen LogP contribution >= 0.6 is 11.3 Å². The summed E-state index contributed by atoms with van der Waals surface area (Å²) >= 11 is 1.86. The fourth-order valence-corrected chi connectivity index (χ4v) is 12.6. The Balaban J connectivity index is 0.982. The summed E-state index contributed by atoms with van der Waals surface area (Å²) in [5.41, 5.74) is 16.4. The SMILES string of the molecule is c1ccc(-n2c3cc(-c4ccc(N(c5ccc6sc7ccccc7c6c5)c5cccc6c5-c5ccccc5C6(c5ccccc5)c5ccccc5)cc4)ccc3c3ccc4ccccc4c32)cc1. The van der Waals surface area contributed by atoms with Crippen molar-refractivity contribution in [1.82, 2.24) is 4.57 Å². The van der Waals surface area contributed by atoms with Crippen LogP contribution < -0.4 is 4.90 Å². The van der Waals surface area contributed by atoms with E-state index in [1.165, 1.54) is 97.3 Å². The van der Waals surface area contributed by atoms with Gasteiger partial charge in [0.1, 0.15) is 0 Å². The number of fused-ring (bicyclic) bond motifs is 11. The van der Waals surface area contributed by atoms with Gasteiger partial charge in [-0.3, -0.25) is 0 Å². The Hall–Kier alpha value is -8.50. The number of thiophene rings is 1. The molecule has 14 rings (SSSR count). The first kappa shape index (κ1) is 38.7. The molecule has 0 unspecified atom stereocenters. The zero-order chi connectivity index (χ0) is 44.8. The highest BCUT2D eigenvalue weighted by Crippen LogP contribution is 2.59. The average molecular weight is 883 g/mol. The van der Waals surface area contributed by atoms with E-state index in [2.05, 4.69) is 264 Å². The van der Waals surface area contributed by atoms with Crippen LogP contribution in [0.25, 0.3) is 80.7 Å². The summed E-state index contributed by atoms with van der Waals surface area (Å²) in [4.78, 5) is 2.50. The van der Waals surface area contributed by atoms with E-state index in [0.29, 0.717) is 0 Å². The predicted octanol–water partition coefficient (Wildman–Crippen LogP) is 17.8. The molecule has 0 saturated heterocycles. The van der Waals surface area contributed by atoms with Gasteiger partial charge in [-0.25, -0.2) is 0 Å². The first-order chi connectivity index (χ1) is 33.7. The Morgan fingerprint density at radius 3 is 1.79 bits per heavy atom. The summed E-state index contributed by atoms with van der Waals surface area (Å²) in [5, 5.41) is 7.57. The van der Waals surface area contributed by atoms with Gasteiger partial charge in [0.15, 0.2) is 0 Å². The molecule has 68 heavy (non-hydrogen) atoms. The minimum absolute atomic E-state index is 0.513. The average Bonchev–Trinajstić information content (AvgIpc) is 4.06. The number of rotatable bonds is 7. The molecule has 0 spiro atoms. The van der Waals surface area contributed by atoms with Gasteiger partial charge in [-0.05, 0) is 105 Å². The first-order valence-electron chi connectivity index (χ1n) is 23.4. The maximum Gasteiger partial charge on any atom is 0.0714 e. The lowest BCUT2D eigenvalue weighted by Gasteiger charge is -2.34. The Bertz CT molecular complexity index is 4030. The third kappa shape index (κ3) is 5.70. The van der Waals surface area contributed by atoms with E-state index in [0.717, 1.165) is 22.7 Å². The molecule has 318 valence electrons. The Labute approximate surface area is 398 Å². The molecule has 0 fully saturated rings. The number of nitrogens with zero attached hydrogens (tertiary/aromatic N) is 2. The van der Waals surface area contributed by atoms with E-state index in [1.54, 1.807) is 0 Å². The van der Waals surface area contributed by atoms with Gasteiger partial charge >= 0.3 is 0 Å². The molecule has 0 aliphatic heterocycles. The van der Waals surface area contributed by atoms with E-state index in [1.807, 2.05) is 11.3 Å². The molecule has 0 amide bonds. The molecule has 2 aromatic heterocycles. The Kier molecular flexibility index (Phi) is 8.71. The quantitative estimate of drug-likeness (QED) is 0.155. The van der Waals surface area contributed by atoms with Gasteiger partial charge in [0.2, 0.25) is 0 Å². The van der Waals surface area contributed by atoms with E-state index in [9.17, 15) is 0 Å². The van der Waals surface area contributed by atoms with Gasteiger partial charge in [-0.2, -0.15) is 0 Å². The van der Waals surface area contributed by atoms with E-state index in [4.69, 9.17) is 0 Å². The second kappa shape index (κ2) is 15.3. The van der Waals surface area contributed by atoms with Crippen LogP contribution in [-0.2, 0) is 5.41 Å². The van der Waals surface area contributed by atoms with Crippen molar-refractivity contribution in [2.24, 2.45) is 0 Å². The number of aromatic nitrogens is 1. The number of benzene rings is 11. The minimum atomic E-state index is -0.513. The first-order valence-corrected chi connectivity index (χ1v) is 24.2. The van der Waals surface area contributed by atoms with Gasteiger partial charge < -0.3 is 9.47 Å². The molecule has 1 aliphatic carbocycles. The normalized spacial score (nSPS) is 12.8. The zero-order valence-electron chi connectivity index (χ0n) is 37.1. The maximum absolute atomic E-state index is 2.50. The molecular weight excluding hydrogens is 841 g/mol. The van der Waals surface area contributed by atoms with Crippen molar-refractivity contribution in [2.45, 2.75) is 5.41 Å². The molecular formula is C65H42N2S. The highest BCUT2D eigenvalue weighted by atomic mass is 32.1. The summed E-state index contributed by atoms with van der Waals surface area (Å²) in [6.07, 6.45) is 0. The highest BCUT2D eigenvalue weighted by Gasteiger charge is 2.47. The smallest absolute Gasteiger partial charge is 0.0714 e. The lowest BCUT2D eigenvalue weighted by molar-refractivity contribution is 0.768. The van der Waals surface area contributed by atoms with Crippen LogP contribution in [0.4, 0.5) is 17.1 Å². The molecule has 0 N–H and O–H groups in total. The fourth-order valence-electron chi connectivity index (χ4n) is 11.5. The lowest BCUT2D eigenvalue weighted by atomic mass is 9.68. The number of hydrogen-bond acceptors (Lipinski definition) is 2. The molecule has 2 nitrogen and oxygen atoms in total. The van der Waals surface area contributed by atoms with Crippen molar-refractivity contribution in [1.29, 1.82) is 0 Å². The topological polar surface area (TPSA) is 8.17 Å². The lowest BCUT2D eigenvalue weighted by Crippen LogP contribution is -2.28. The Morgan fingerprint density at radius 2 is 1.00 bits per heavy atom. The molecule has 11 aromatic carbocycles. The minimum Gasteiger partial charge on any atom is -0.310 e. The van der Waals surface area contributed by atoms with Crippen molar-refractivity contribution in [3.8, 4) is 27.9 Å². The van der Waals surface area contributed by atoms with E-state index in [-0.39, 0.29) is 0 Å². The monoisotopic (exact) mass is 882 g/mol. The summed E-state index contributed by atoms with van der Waals surface area (Å²) in [6.45, 7) is 0. The van der Waals surface area contributed by atoms with Crippen LogP contribution in [-0.4, -0.2) is 4.57 Å². The van der Waals surface area contributed by atoms with Gasteiger partial charge in [0, 0.05) is 59.0 Å². The molecule has 13 aromatic rings. The largest absolute Gasteiger partial charge is 0.310 e. The molecule has 0 saturated carbocycles. The van der Waals surface area contributed by atoms with Crippen molar-refractivity contribution < 1.29 is 0 Å². The van der Waals surface area contributed by atoms with Crippen LogP contribution in [0.2, 0.25) is 0 Å². The highest BCUT2D eigenvalue weighted by molar-refractivity contribution is 7.25. The van der Waals surface area contributed by atoms with Crippen molar-refractivity contribution >= 4 is 81.1 Å². The van der Waals surface area contributed by atoms with E-state index >= 15 is 0 Å². The van der Waals surface area contributed by atoms with Crippen molar-refractivity contribution in [3.05, 3.63) is 277 Å². The van der Waals surface area contributed by atoms with Crippen LogP contribution in [0, 0.1) is 0 Å².